The first kappa shape index (κ1) is 28.2. The van der Waals surface area contributed by atoms with Gasteiger partial charge in [-0.05, 0) is 25.6 Å². The molecule has 1 atom stereocenters. The van der Waals surface area contributed by atoms with Crippen molar-refractivity contribution in [3.05, 3.63) is 0 Å². The topological polar surface area (TPSA) is 9.23 Å². The van der Waals surface area contributed by atoms with Gasteiger partial charge in [-0.2, -0.15) is 0 Å². The molecule has 0 fully saturated rings. The molecule has 0 aliphatic carbocycles. The Bertz CT molecular complexity index is 303. The maximum Gasteiger partial charge on any atom is 0.189 e. The Morgan fingerprint density at radius 1 is 0.500 bits per heavy atom. The number of rotatable bonds is 22. The molecule has 0 radical (unpaired) electrons. The second-order valence-corrected chi connectivity index (χ2v) is 13.9. The Kier molecular flexibility index (Phi) is 20.6. The van der Waals surface area contributed by atoms with Crippen LogP contribution in [-0.4, -0.2) is 14.9 Å². The van der Waals surface area contributed by atoms with E-state index < -0.39 is 8.32 Å². The van der Waals surface area contributed by atoms with Crippen molar-refractivity contribution >= 4 is 8.32 Å². The molecule has 2 heteroatoms. The van der Waals surface area contributed by atoms with Gasteiger partial charge in [0.05, 0.1) is 0 Å². The Morgan fingerprint density at radius 2 is 0.821 bits per heavy atom. The van der Waals surface area contributed by atoms with Gasteiger partial charge in [0.25, 0.3) is 0 Å². The van der Waals surface area contributed by atoms with E-state index in [1.807, 2.05) is 0 Å². The third-order valence-corrected chi connectivity index (χ3v) is 10.1. The van der Waals surface area contributed by atoms with E-state index in [2.05, 4.69) is 33.9 Å². The van der Waals surface area contributed by atoms with Gasteiger partial charge in [0.2, 0.25) is 0 Å². The Hall–Kier alpha value is 0.177. The molecular weight excluding hydrogens is 356 g/mol. The van der Waals surface area contributed by atoms with Crippen molar-refractivity contribution in [2.75, 3.05) is 6.61 Å². The van der Waals surface area contributed by atoms with Crippen LogP contribution in [0.5, 0.6) is 0 Å². The van der Waals surface area contributed by atoms with Gasteiger partial charge in [0, 0.05) is 6.61 Å². The van der Waals surface area contributed by atoms with Gasteiger partial charge in [0.15, 0.2) is 8.32 Å². The molecule has 0 aliphatic rings. The predicted octanol–water partition coefficient (Wildman–Crippen LogP) is 10.0. The Morgan fingerprint density at radius 3 is 1.14 bits per heavy atom. The molecule has 0 spiro atoms. The molecule has 0 amide bonds. The largest absolute Gasteiger partial charge is 0.417 e. The second-order valence-electron chi connectivity index (χ2n) is 9.61. The summed E-state index contributed by atoms with van der Waals surface area (Å²) >= 11 is 0. The zero-order chi connectivity index (χ0) is 20.9. The van der Waals surface area contributed by atoms with Gasteiger partial charge in [-0.25, -0.2) is 0 Å². The van der Waals surface area contributed by atoms with Crippen LogP contribution in [0.15, 0.2) is 0 Å². The molecule has 0 saturated carbocycles. The van der Waals surface area contributed by atoms with Gasteiger partial charge in [-0.15, -0.1) is 0 Å². The van der Waals surface area contributed by atoms with E-state index in [9.17, 15) is 0 Å². The molecule has 0 heterocycles. The second kappa shape index (κ2) is 20.4. The quantitative estimate of drug-likeness (QED) is 0.127. The molecule has 0 bridgehead atoms. The normalized spacial score (nSPS) is 13.2. The molecule has 0 aromatic heterocycles. The summed E-state index contributed by atoms with van der Waals surface area (Å²) in [6.45, 7) is 12.6. The van der Waals surface area contributed by atoms with Crippen LogP contribution >= 0.6 is 0 Å². The molecule has 170 valence electrons. The van der Waals surface area contributed by atoms with Crippen molar-refractivity contribution in [1.82, 2.24) is 0 Å². The third kappa shape index (κ3) is 17.1. The summed E-state index contributed by atoms with van der Waals surface area (Å²) in [4.78, 5) is 0. The monoisotopic (exact) mass is 412 g/mol. The summed E-state index contributed by atoms with van der Waals surface area (Å²) in [6.07, 6.45) is 27.3. The molecule has 0 N–H and O–H groups in total. The number of hydrogen-bond donors (Lipinski definition) is 0. The molecular formula is C26H56OSi. The van der Waals surface area contributed by atoms with Crippen LogP contribution < -0.4 is 0 Å². The summed E-state index contributed by atoms with van der Waals surface area (Å²) in [5.74, 6) is 0. The third-order valence-electron chi connectivity index (χ3n) is 6.56. The van der Waals surface area contributed by atoms with Crippen LogP contribution in [0.25, 0.3) is 0 Å². The lowest BCUT2D eigenvalue weighted by molar-refractivity contribution is 0.311. The van der Waals surface area contributed by atoms with E-state index in [1.54, 1.807) is 0 Å². The number of unbranched alkanes of at least 4 members (excludes halogenated alkanes) is 15. The maximum atomic E-state index is 6.28. The summed E-state index contributed by atoms with van der Waals surface area (Å²) < 4.78 is 6.28. The van der Waals surface area contributed by atoms with Crippen LogP contribution in [0.4, 0.5) is 0 Å². The van der Waals surface area contributed by atoms with E-state index >= 15 is 0 Å². The summed E-state index contributed by atoms with van der Waals surface area (Å²) in [5, 5.41) is 0. The highest BCUT2D eigenvalue weighted by Gasteiger charge is 2.32. The zero-order valence-corrected chi connectivity index (χ0v) is 21.6. The van der Waals surface area contributed by atoms with Crippen LogP contribution in [0, 0.1) is 0 Å². The SMILES string of the molecule is CCCCCCCCCCCCCC(CCCCCCCC)[Si](C)(C)OCC. The molecule has 0 aliphatic heterocycles. The van der Waals surface area contributed by atoms with Gasteiger partial charge < -0.3 is 4.43 Å². The number of hydrogen-bond acceptors (Lipinski definition) is 1. The van der Waals surface area contributed by atoms with Crippen molar-refractivity contribution in [2.24, 2.45) is 0 Å². The van der Waals surface area contributed by atoms with Crippen LogP contribution in [0.1, 0.15) is 143 Å². The van der Waals surface area contributed by atoms with Gasteiger partial charge >= 0.3 is 0 Å². The van der Waals surface area contributed by atoms with E-state index in [-0.39, 0.29) is 0 Å². The lowest BCUT2D eigenvalue weighted by Crippen LogP contribution is -2.36. The van der Waals surface area contributed by atoms with Crippen molar-refractivity contribution < 1.29 is 4.43 Å². The summed E-state index contributed by atoms with van der Waals surface area (Å²) in [6, 6.07) is 0. The van der Waals surface area contributed by atoms with Gasteiger partial charge in [-0.1, -0.05) is 136 Å². The van der Waals surface area contributed by atoms with Crippen molar-refractivity contribution in [2.45, 2.75) is 161 Å². The summed E-state index contributed by atoms with van der Waals surface area (Å²) in [5.41, 5.74) is 0.872. The fraction of sp³-hybridized carbons (Fsp3) is 1.00. The first-order chi connectivity index (χ1) is 13.6. The van der Waals surface area contributed by atoms with Gasteiger partial charge in [0.1, 0.15) is 0 Å². The van der Waals surface area contributed by atoms with Crippen molar-refractivity contribution in [3.63, 3.8) is 0 Å². The Balaban J connectivity index is 3.86. The lowest BCUT2D eigenvalue weighted by atomic mass is 10.0. The van der Waals surface area contributed by atoms with Gasteiger partial charge in [-0.3, -0.25) is 0 Å². The molecule has 0 aromatic carbocycles. The van der Waals surface area contributed by atoms with Crippen LogP contribution in [0.3, 0.4) is 0 Å². The van der Waals surface area contributed by atoms with Crippen LogP contribution in [-0.2, 0) is 4.43 Å². The van der Waals surface area contributed by atoms with E-state index in [4.69, 9.17) is 4.43 Å². The van der Waals surface area contributed by atoms with Crippen LogP contribution in [0.2, 0.25) is 18.6 Å². The maximum absolute atomic E-state index is 6.28. The highest BCUT2D eigenvalue weighted by atomic mass is 28.4. The average Bonchev–Trinajstić information content (AvgIpc) is 2.66. The van der Waals surface area contributed by atoms with E-state index in [0.717, 1.165) is 12.1 Å². The smallest absolute Gasteiger partial charge is 0.189 e. The lowest BCUT2D eigenvalue weighted by Gasteiger charge is -2.32. The van der Waals surface area contributed by atoms with E-state index in [0.29, 0.717) is 0 Å². The molecule has 0 rings (SSSR count). The molecule has 0 saturated heterocycles. The van der Waals surface area contributed by atoms with Crippen molar-refractivity contribution in [3.8, 4) is 0 Å². The molecule has 1 nitrogen and oxygen atoms in total. The first-order valence-electron chi connectivity index (χ1n) is 13.2. The molecule has 28 heavy (non-hydrogen) atoms. The molecule has 1 unspecified atom stereocenters. The highest BCUT2D eigenvalue weighted by Crippen LogP contribution is 2.34. The van der Waals surface area contributed by atoms with Crippen molar-refractivity contribution in [1.29, 1.82) is 0 Å². The summed E-state index contributed by atoms with van der Waals surface area (Å²) in [7, 11) is -1.51. The average molecular weight is 413 g/mol. The predicted molar refractivity (Wildman–Crippen MR) is 132 cm³/mol. The minimum atomic E-state index is -1.51. The standard InChI is InChI=1S/C26H56OSi/c1-6-9-11-13-15-16-17-18-19-21-23-25-26(28(4,5)27-8-3)24-22-20-14-12-10-7-2/h26H,6-25H2,1-5H3. The van der Waals surface area contributed by atoms with E-state index in [1.165, 1.54) is 122 Å². The highest BCUT2D eigenvalue weighted by molar-refractivity contribution is 6.72. The molecule has 0 aromatic rings. The first-order valence-corrected chi connectivity index (χ1v) is 16.2. The fourth-order valence-corrected chi connectivity index (χ4v) is 7.33. The minimum absolute atomic E-state index is 0.872. The zero-order valence-electron chi connectivity index (χ0n) is 20.6. The minimum Gasteiger partial charge on any atom is -0.417 e. The Labute approximate surface area is 180 Å². The fourth-order valence-electron chi connectivity index (χ4n) is 4.56.